The lowest BCUT2D eigenvalue weighted by Crippen LogP contribution is -2.34. The second-order valence-electron chi connectivity index (χ2n) is 4.64. The van der Waals surface area contributed by atoms with Gasteiger partial charge < -0.3 is 15.8 Å². The Hall–Kier alpha value is -1.76. The van der Waals surface area contributed by atoms with E-state index in [1.54, 1.807) is 12.1 Å². The van der Waals surface area contributed by atoms with Crippen LogP contribution in [0.4, 0.5) is 0 Å². The Labute approximate surface area is 126 Å². The summed E-state index contributed by atoms with van der Waals surface area (Å²) >= 11 is 0. The van der Waals surface area contributed by atoms with E-state index in [1.165, 1.54) is 18.4 Å². The molecule has 0 radical (unpaired) electrons. The van der Waals surface area contributed by atoms with Gasteiger partial charge >= 0.3 is 0 Å². The molecule has 0 bridgehead atoms. The van der Waals surface area contributed by atoms with Crippen molar-refractivity contribution in [2.45, 2.75) is 24.7 Å². The monoisotopic (exact) mass is 313 g/mol. The SMILES string of the molecule is CCCCN=C(N)NCCOc1ccc(S(C)(=O)=O)cc1. The van der Waals surface area contributed by atoms with Gasteiger partial charge in [-0.2, -0.15) is 0 Å². The molecule has 1 rings (SSSR count). The highest BCUT2D eigenvalue weighted by molar-refractivity contribution is 7.90. The molecule has 0 unspecified atom stereocenters. The van der Waals surface area contributed by atoms with E-state index in [-0.39, 0.29) is 4.90 Å². The number of nitrogens with zero attached hydrogens (tertiary/aromatic N) is 1. The van der Waals surface area contributed by atoms with Crippen LogP contribution in [0.5, 0.6) is 5.75 Å². The van der Waals surface area contributed by atoms with Crippen molar-refractivity contribution in [3.8, 4) is 5.75 Å². The number of hydrogen-bond donors (Lipinski definition) is 2. The molecule has 118 valence electrons. The summed E-state index contributed by atoms with van der Waals surface area (Å²) in [5.41, 5.74) is 5.68. The van der Waals surface area contributed by atoms with Crippen LogP contribution in [0.2, 0.25) is 0 Å². The van der Waals surface area contributed by atoms with Crippen molar-refractivity contribution in [2.75, 3.05) is 26.0 Å². The van der Waals surface area contributed by atoms with Gasteiger partial charge in [0.1, 0.15) is 12.4 Å². The van der Waals surface area contributed by atoms with Gasteiger partial charge in [0.15, 0.2) is 15.8 Å². The van der Waals surface area contributed by atoms with Crippen molar-refractivity contribution in [1.82, 2.24) is 5.32 Å². The normalized spacial score (nSPS) is 12.2. The van der Waals surface area contributed by atoms with E-state index in [0.29, 0.717) is 24.9 Å². The summed E-state index contributed by atoms with van der Waals surface area (Å²) in [5, 5.41) is 2.95. The van der Waals surface area contributed by atoms with Crippen LogP contribution in [0.1, 0.15) is 19.8 Å². The minimum atomic E-state index is -3.17. The maximum Gasteiger partial charge on any atom is 0.188 e. The third-order valence-electron chi connectivity index (χ3n) is 2.72. The molecule has 0 saturated carbocycles. The highest BCUT2D eigenvalue weighted by Gasteiger charge is 2.06. The molecule has 1 aromatic rings. The van der Waals surface area contributed by atoms with E-state index < -0.39 is 9.84 Å². The Kier molecular flexibility index (Phi) is 7.01. The van der Waals surface area contributed by atoms with Crippen LogP contribution in [0.3, 0.4) is 0 Å². The molecular formula is C14H23N3O3S. The number of guanidine groups is 1. The first-order valence-electron chi connectivity index (χ1n) is 6.90. The minimum absolute atomic E-state index is 0.278. The van der Waals surface area contributed by atoms with Gasteiger partial charge in [-0.1, -0.05) is 13.3 Å². The topological polar surface area (TPSA) is 93.8 Å². The molecule has 0 saturated heterocycles. The van der Waals surface area contributed by atoms with E-state index >= 15 is 0 Å². The smallest absolute Gasteiger partial charge is 0.188 e. The van der Waals surface area contributed by atoms with Gasteiger partial charge in [-0.25, -0.2) is 8.42 Å². The first-order valence-corrected chi connectivity index (χ1v) is 8.79. The molecule has 0 aromatic heterocycles. The lowest BCUT2D eigenvalue weighted by molar-refractivity contribution is 0.322. The van der Waals surface area contributed by atoms with Crippen LogP contribution in [-0.2, 0) is 9.84 Å². The van der Waals surface area contributed by atoms with Crippen molar-refractivity contribution in [2.24, 2.45) is 10.7 Å². The summed E-state index contributed by atoms with van der Waals surface area (Å²) in [5.74, 6) is 1.03. The molecule has 3 N–H and O–H groups in total. The number of nitrogens with one attached hydrogen (secondary N) is 1. The second-order valence-corrected chi connectivity index (χ2v) is 6.66. The molecular weight excluding hydrogens is 290 g/mol. The molecule has 0 aliphatic heterocycles. The molecule has 21 heavy (non-hydrogen) atoms. The number of nitrogens with two attached hydrogens (primary N) is 1. The molecule has 0 spiro atoms. The van der Waals surface area contributed by atoms with Gasteiger partial charge in [-0.15, -0.1) is 0 Å². The number of hydrogen-bond acceptors (Lipinski definition) is 4. The largest absolute Gasteiger partial charge is 0.492 e. The van der Waals surface area contributed by atoms with Crippen molar-refractivity contribution >= 4 is 15.8 Å². The Morgan fingerprint density at radius 2 is 2.00 bits per heavy atom. The summed E-state index contributed by atoms with van der Waals surface area (Å²) in [4.78, 5) is 4.44. The zero-order valence-corrected chi connectivity index (χ0v) is 13.3. The number of sulfone groups is 1. The standard InChI is InChI=1S/C14H23N3O3S/c1-3-4-9-16-14(15)17-10-11-20-12-5-7-13(8-6-12)21(2,18)19/h5-8H,3-4,9-11H2,1-2H3,(H3,15,16,17). The van der Waals surface area contributed by atoms with Gasteiger partial charge in [0.2, 0.25) is 0 Å². The summed E-state index contributed by atoms with van der Waals surface area (Å²) in [6.07, 6.45) is 3.28. The zero-order chi connectivity index (χ0) is 15.7. The van der Waals surface area contributed by atoms with Gasteiger partial charge in [0, 0.05) is 12.8 Å². The van der Waals surface area contributed by atoms with Gasteiger partial charge in [0.05, 0.1) is 11.4 Å². The van der Waals surface area contributed by atoms with Crippen LogP contribution < -0.4 is 15.8 Å². The molecule has 0 amide bonds. The number of rotatable bonds is 8. The Bertz CT molecular complexity index is 553. The van der Waals surface area contributed by atoms with Crippen LogP contribution in [0.25, 0.3) is 0 Å². The Morgan fingerprint density at radius 1 is 1.33 bits per heavy atom. The van der Waals surface area contributed by atoms with Gasteiger partial charge in [0.25, 0.3) is 0 Å². The third-order valence-corrected chi connectivity index (χ3v) is 3.85. The van der Waals surface area contributed by atoms with E-state index in [0.717, 1.165) is 19.4 Å². The summed E-state index contributed by atoms with van der Waals surface area (Å²) < 4.78 is 28.1. The van der Waals surface area contributed by atoms with Crippen LogP contribution in [0.15, 0.2) is 34.2 Å². The minimum Gasteiger partial charge on any atom is -0.492 e. The van der Waals surface area contributed by atoms with Gasteiger partial charge in [-0.05, 0) is 30.7 Å². The van der Waals surface area contributed by atoms with E-state index in [2.05, 4.69) is 17.2 Å². The summed E-state index contributed by atoms with van der Waals surface area (Å²) in [7, 11) is -3.17. The van der Waals surface area contributed by atoms with Gasteiger partial charge in [-0.3, -0.25) is 4.99 Å². The number of benzene rings is 1. The van der Waals surface area contributed by atoms with E-state index in [4.69, 9.17) is 10.5 Å². The maximum atomic E-state index is 11.3. The zero-order valence-electron chi connectivity index (χ0n) is 12.5. The lowest BCUT2D eigenvalue weighted by Gasteiger charge is -2.08. The predicted molar refractivity (Wildman–Crippen MR) is 84.4 cm³/mol. The quantitative estimate of drug-likeness (QED) is 0.427. The maximum absolute atomic E-state index is 11.3. The molecule has 0 fully saturated rings. The molecule has 0 aliphatic rings. The number of unbranched alkanes of at least 4 members (excludes halogenated alkanes) is 1. The molecule has 1 aromatic carbocycles. The fourth-order valence-electron chi connectivity index (χ4n) is 1.54. The molecule has 0 aliphatic carbocycles. The highest BCUT2D eigenvalue weighted by Crippen LogP contribution is 2.15. The summed E-state index contributed by atoms with van der Waals surface area (Å²) in [6, 6.07) is 6.32. The fraction of sp³-hybridized carbons (Fsp3) is 0.500. The fourth-order valence-corrected chi connectivity index (χ4v) is 2.18. The molecule has 7 heteroatoms. The summed E-state index contributed by atoms with van der Waals surface area (Å²) in [6.45, 7) is 3.78. The van der Waals surface area contributed by atoms with E-state index in [9.17, 15) is 8.42 Å². The van der Waals surface area contributed by atoms with Crippen molar-refractivity contribution in [3.05, 3.63) is 24.3 Å². The van der Waals surface area contributed by atoms with Crippen molar-refractivity contribution in [1.29, 1.82) is 0 Å². The van der Waals surface area contributed by atoms with Crippen LogP contribution >= 0.6 is 0 Å². The highest BCUT2D eigenvalue weighted by atomic mass is 32.2. The first kappa shape index (κ1) is 17.3. The molecule has 0 atom stereocenters. The molecule has 0 heterocycles. The van der Waals surface area contributed by atoms with Crippen molar-refractivity contribution in [3.63, 3.8) is 0 Å². The number of ether oxygens (including phenoxy) is 1. The Morgan fingerprint density at radius 3 is 2.57 bits per heavy atom. The molecule has 6 nitrogen and oxygen atoms in total. The van der Waals surface area contributed by atoms with Crippen molar-refractivity contribution < 1.29 is 13.2 Å². The van der Waals surface area contributed by atoms with E-state index in [1.807, 2.05) is 0 Å². The number of aliphatic imine (C=N–C) groups is 1. The average Bonchev–Trinajstić information content (AvgIpc) is 2.43. The third kappa shape index (κ3) is 6.99. The second kappa shape index (κ2) is 8.51. The van der Waals surface area contributed by atoms with Crippen LogP contribution in [0, 0.1) is 0 Å². The van der Waals surface area contributed by atoms with Crippen LogP contribution in [-0.4, -0.2) is 40.3 Å². The first-order chi connectivity index (χ1) is 9.93. The predicted octanol–water partition coefficient (Wildman–Crippen LogP) is 1.17. The lowest BCUT2D eigenvalue weighted by atomic mass is 10.3. The average molecular weight is 313 g/mol. The Balaban J connectivity index is 2.31.